The van der Waals surface area contributed by atoms with E-state index in [1.165, 1.54) is 30.7 Å². The first-order valence-corrected chi connectivity index (χ1v) is 9.08. The molecule has 0 spiro atoms. The summed E-state index contributed by atoms with van der Waals surface area (Å²) in [7, 11) is -0.787. The quantitative estimate of drug-likeness (QED) is 0.762. The van der Waals surface area contributed by atoms with Gasteiger partial charge in [0.15, 0.2) is 0 Å². The van der Waals surface area contributed by atoms with Gasteiger partial charge in [0.2, 0.25) is 15.9 Å². The van der Waals surface area contributed by atoms with E-state index >= 15 is 0 Å². The summed E-state index contributed by atoms with van der Waals surface area (Å²) >= 11 is 0. The zero-order chi connectivity index (χ0) is 17.7. The van der Waals surface area contributed by atoms with Gasteiger partial charge in [-0.25, -0.2) is 8.42 Å². The molecule has 0 aromatic heterocycles. The summed E-state index contributed by atoms with van der Waals surface area (Å²) in [5.74, 6) is 0.704. The Bertz CT molecular complexity index is 684. The van der Waals surface area contributed by atoms with Crippen LogP contribution in [0.5, 0.6) is 11.5 Å². The fraction of sp³-hybridized carbons (Fsp3) is 0.533. The molecule has 2 rings (SSSR count). The second-order valence-corrected chi connectivity index (χ2v) is 7.25. The van der Waals surface area contributed by atoms with Crippen molar-refractivity contribution < 1.29 is 22.7 Å². The van der Waals surface area contributed by atoms with Crippen molar-refractivity contribution in [1.82, 2.24) is 9.21 Å². The average molecular weight is 357 g/mol. The number of ether oxygens (including phenoxy) is 2. The topological polar surface area (TPSA) is 102 Å². The van der Waals surface area contributed by atoms with Crippen LogP contribution in [0.25, 0.3) is 0 Å². The Morgan fingerprint density at radius 2 is 1.83 bits per heavy atom. The third-order valence-corrected chi connectivity index (χ3v) is 5.88. The summed E-state index contributed by atoms with van der Waals surface area (Å²) in [4.78, 5) is 13.6. The van der Waals surface area contributed by atoms with Crippen LogP contribution in [0.4, 0.5) is 0 Å². The van der Waals surface area contributed by atoms with Crippen LogP contribution in [-0.4, -0.2) is 70.5 Å². The molecule has 1 aliphatic rings. The van der Waals surface area contributed by atoms with Gasteiger partial charge in [0.05, 0.1) is 14.2 Å². The van der Waals surface area contributed by atoms with E-state index in [1.54, 1.807) is 11.0 Å². The fourth-order valence-corrected chi connectivity index (χ4v) is 4.15. The molecule has 0 aliphatic carbocycles. The Labute approximate surface area is 142 Å². The molecule has 0 bridgehead atoms. The largest absolute Gasteiger partial charge is 0.497 e. The van der Waals surface area contributed by atoms with Gasteiger partial charge in [0.1, 0.15) is 16.4 Å². The predicted molar refractivity (Wildman–Crippen MR) is 88.6 cm³/mol. The van der Waals surface area contributed by atoms with Gasteiger partial charge in [-0.1, -0.05) is 0 Å². The van der Waals surface area contributed by atoms with Gasteiger partial charge in [0.25, 0.3) is 0 Å². The van der Waals surface area contributed by atoms with Crippen LogP contribution in [0.1, 0.15) is 6.42 Å². The molecular formula is C15H23N3O5S. The van der Waals surface area contributed by atoms with Gasteiger partial charge in [-0.05, 0) is 12.1 Å². The number of nitrogens with zero attached hydrogens (tertiary/aromatic N) is 2. The minimum Gasteiger partial charge on any atom is -0.497 e. The van der Waals surface area contributed by atoms with Crippen LogP contribution in [0, 0.1) is 0 Å². The van der Waals surface area contributed by atoms with Crippen LogP contribution < -0.4 is 15.2 Å². The summed E-state index contributed by atoms with van der Waals surface area (Å²) in [5, 5.41) is 0. The van der Waals surface area contributed by atoms with Crippen LogP contribution in [0.3, 0.4) is 0 Å². The molecule has 1 heterocycles. The second kappa shape index (κ2) is 7.82. The van der Waals surface area contributed by atoms with Crippen molar-refractivity contribution in [1.29, 1.82) is 0 Å². The lowest BCUT2D eigenvalue weighted by Gasteiger charge is -2.34. The standard InChI is InChI=1S/C15H23N3O5S/c1-22-12-3-4-14(13(11-12)23-2)24(20,21)18-9-7-17(8-10-18)15(19)5-6-16/h3-4,11H,5-10,16H2,1-2H3. The van der Waals surface area contributed by atoms with E-state index in [1.807, 2.05) is 0 Å². The van der Waals surface area contributed by atoms with E-state index in [9.17, 15) is 13.2 Å². The lowest BCUT2D eigenvalue weighted by molar-refractivity contribution is -0.132. The summed E-state index contributed by atoms with van der Waals surface area (Å²) in [6.45, 7) is 1.50. The molecule has 24 heavy (non-hydrogen) atoms. The first-order chi connectivity index (χ1) is 11.4. The van der Waals surface area contributed by atoms with Crippen LogP contribution >= 0.6 is 0 Å². The van der Waals surface area contributed by atoms with Gasteiger partial charge >= 0.3 is 0 Å². The van der Waals surface area contributed by atoms with Crippen molar-refractivity contribution in [3.63, 3.8) is 0 Å². The zero-order valence-corrected chi connectivity index (χ0v) is 14.7. The highest BCUT2D eigenvalue weighted by atomic mass is 32.2. The molecule has 0 unspecified atom stereocenters. The number of rotatable bonds is 6. The van der Waals surface area contributed by atoms with Crippen LogP contribution in [0.2, 0.25) is 0 Å². The molecule has 0 saturated carbocycles. The Hall–Kier alpha value is -1.84. The number of benzene rings is 1. The number of methoxy groups -OCH3 is 2. The number of carbonyl (C=O) groups is 1. The number of amides is 1. The molecule has 9 heteroatoms. The zero-order valence-electron chi connectivity index (χ0n) is 13.9. The molecule has 1 amide bonds. The van der Waals surface area contributed by atoms with E-state index < -0.39 is 10.0 Å². The summed E-state index contributed by atoms with van der Waals surface area (Å²) < 4.78 is 37.3. The summed E-state index contributed by atoms with van der Waals surface area (Å²) in [6, 6.07) is 4.59. The second-order valence-electron chi connectivity index (χ2n) is 5.34. The van der Waals surface area contributed by atoms with Crippen molar-refractivity contribution in [3.8, 4) is 11.5 Å². The minimum atomic E-state index is -3.70. The van der Waals surface area contributed by atoms with Crippen LogP contribution in [-0.2, 0) is 14.8 Å². The predicted octanol–water partition coefficient (Wildman–Crippen LogP) is -0.114. The maximum absolute atomic E-state index is 12.9. The SMILES string of the molecule is COc1ccc(S(=O)(=O)N2CCN(C(=O)CCN)CC2)c(OC)c1. The van der Waals surface area contributed by atoms with Gasteiger partial charge in [-0.3, -0.25) is 4.79 Å². The number of sulfonamides is 1. The van der Waals surface area contributed by atoms with Gasteiger partial charge in [0, 0.05) is 45.2 Å². The van der Waals surface area contributed by atoms with Gasteiger partial charge in [-0.2, -0.15) is 4.31 Å². The van der Waals surface area contributed by atoms with Crippen molar-refractivity contribution >= 4 is 15.9 Å². The van der Waals surface area contributed by atoms with Crippen molar-refractivity contribution in [2.24, 2.45) is 5.73 Å². The first kappa shape index (κ1) is 18.5. The maximum atomic E-state index is 12.9. The van der Waals surface area contributed by atoms with E-state index in [0.29, 0.717) is 25.4 Å². The molecule has 0 atom stereocenters. The van der Waals surface area contributed by atoms with Crippen molar-refractivity contribution in [2.45, 2.75) is 11.3 Å². The van der Waals surface area contributed by atoms with E-state index in [0.717, 1.165) is 0 Å². The summed E-state index contributed by atoms with van der Waals surface area (Å²) in [5.41, 5.74) is 5.39. The lowest BCUT2D eigenvalue weighted by Crippen LogP contribution is -2.50. The normalized spacial score (nSPS) is 16.0. The molecule has 1 aromatic rings. The first-order valence-electron chi connectivity index (χ1n) is 7.64. The minimum absolute atomic E-state index is 0.0448. The smallest absolute Gasteiger partial charge is 0.246 e. The third-order valence-electron chi connectivity index (χ3n) is 3.94. The Morgan fingerprint density at radius 1 is 1.17 bits per heavy atom. The monoisotopic (exact) mass is 357 g/mol. The Morgan fingerprint density at radius 3 is 2.38 bits per heavy atom. The van der Waals surface area contributed by atoms with Gasteiger partial charge in [-0.15, -0.1) is 0 Å². The van der Waals surface area contributed by atoms with E-state index in [4.69, 9.17) is 15.2 Å². The molecule has 0 radical (unpaired) electrons. The van der Waals surface area contributed by atoms with E-state index in [2.05, 4.69) is 0 Å². The summed E-state index contributed by atoms with van der Waals surface area (Å²) in [6.07, 6.45) is 0.277. The number of carbonyl (C=O) groups excluding carboxylic acids is 1. The van der Waals surface area contributed by atoms with Crippen LogP contribution in [0.15, 0.2) is 23.1 Å². The maximum Gasteiger partial charge on any atom is 0.246 e. The molecule has 8 nitrogen and oxygen atoms in total. The molecule has 1 saturated heterocycles. The molecule has 2 N–H and O–H groups in total. The Kier molecular flexibility index (Phi) is 6.03. The highest BCUT2D eigenvalue weighted by Gasteiger charge is 2.32. The average Bonchev–Trinajstić information content (AvgIpc) is 2.61. The third kappa shape index (κ3) is 3.80. The highest BCUT2D eigenvalue weighted by Crippen LogP contribution is 2.31. The lowest BCUT2D eigenvalue weighted by atomic mass is 10.3. The molecular weight excluding hydrogens is 334 g/mol. The highest BCUT2D eigenvalue weighted by molar-refractivity contribution is 7.89. The fourth-order valence-electron chi connectivity index (χ4n) is 2.59. The van der Waals surface area contributed by atoms with Crippen molar-refractivity contribution in [3.05, 3.63) is 18.2 Å². The van der Waals surface area contributed by atoms with E-state index in [-0.39, 0.29) is 36.1 Å². The number of piperazine rings is 1. The number of hydrogen-bond acceptors (Lipinski definition) is 6. The number of hydrogen-bond donors (Lipinski definition) is 1. The molecule has 1 fully saturated rings. The number of nitrogens with two attached hydrogens (primary N) is 1. The molecule has 1 aromatic carbocycles. The van der Waals surface area contributed by atoms with Gasteiger partial charge < -0.3 is 20.1 Å². The molecule has 1 aliphatic heterocycles. The molecule has 134 valence electrons. The Balaban J connectivity index is 2.16. The van der Waals surface area contributed by atoms with Crippen molar-refractivity contribution in [2.75, 3.05) is 46.9 Å².